The lowest BCUT2D eigenvalue weighted by atomic mass is 10.00. The van der Waals surface area contributed by atoms with Gasteiger partial charge in [-0.2, -0.15) is 0 Å². The van der Waals surface area contributed by atoms with E-state index in [1.165, 1.54) is 6.07 Å². The van der Waals surface area contributed by atoms with Crippen molar-refractivity contribution in [2.45, 2.75) is 32.9 Å². The minimum absolute atomic E-state index is 0.0986. The molecule has 2 unspecified atom stereocenters. The molecular weight excluding hydrogens is 255 g/mol. The van der Waals surface area contributed by atoms with Gasteiger partial charge in [0.05, 0.1) is 7.11 Å². The smallest absolute Gasteiger partial charge is 0.131 e. The van der Waals surface area contributed by atoms with Crippen LogP contribution in [0, 0.1) is 11.7 Å². The van der Waals surface area contributed by atoms with Crippen LogP contribution in [-0.4, -0.2) is 38.7 Å². The van der Waals surface area contributed by atoms with Gasteiger partial charge >= 0.3 is 0 Å². The number of halogens is 1. The summed E-state index contributed by atoms with van der Waals surface area (Å²) in [6.45, 7) is 7.24. The lowest BCUT2D eigenvalue weighted by molar-refractivity contribution is 0.269. The summed E-state index contributed by atoms with van der Waals surface area (Å²) in [6, 6.07) is 5.14. The average Bonchev–Trinajstić information content (AvgIpc) is 2.36. The minimum atomic E-state index is -0.225. The van der Waals surface area contributed by atoms with Gasteiger partial charge in [0.15, 0.2) is 0 Å². The van der Waals surface area contributed by atoms with Crippen molar-refractivity contribution in [2.75, 3.05) is 27.7 Å². The third kappa shape index (κ3) is 4.46. The summed E-state index contributed by atoms with van der Waals surface area (Å²) < 4.78 is 19.4. The number of rotatable bonds is 7. The second-order valence-electron chi connectivity index (χ2n) is 5.86. The zero-order valence-corrected chi connectivity index (χ0v) is 13.4. The highest BCUT2D eigenvalue weighted by molar-refractivity contribution is 5.37. The van der Waals surface area contributed by atoms with Crippen LogP contribution in [0.4, 0.5) is 4.39 Å². The minimum Gasteiger partial charge on any atom is -0.496 e. The highest BCUT2D eigenvalue weighted by Gasteiger charge is 2.21. The van der Waals surface area contributed by atoms with Crippen LogP contribution in [0.15, 0.2) is 18.2 Å². The number of methoxy groups -OCH3 is 1. The van der Waals surface area contributed by atoms with E-state index in [1.807, 2.05) is 21.0 Å². The van der Waals surface area contributed by atoms with Crippen molar-refractivity contribution < 1.29 is 9.13 Å². The first-order valence-corrected chi connectivity index (χ1v) is 7.10. The molecule has 0 saturated carbocycles. The molecule has 2 atom stereocenters. The quantitative estimate of drug-likeness (QED) is 0.832. The summed E-state index contributed by atoms with van der Waals surface area (Å²) in [5.41, 5.74) is 0.597. The number of ether oxygens (including phenoxy) is 1. The van der Waals surface area contributed by atoms with Gasteiger partial charge in [0, 0.05) is 24.2 Å². The Morgan fingerprint density at radius 1 is 1.25 bits per heavy atom. The number of benzene rings is 1. The van der Waals surface area contributed by atoms with Crippen molar-refractivity contribution in [3.05, 3.63) is 29.6 Å². The molecule has 1 aromatic carbocycles. The van der Waals surface area contributed by atoms with E-state index in [1.54, 1.807) is 19.2 Å². The Bertz CT molecular complexity index is 421. The fraction of sp³-hybridized carbons (Fsp3) is 0.625. The number of nitrogens with one attached hydrogen (secondary N) is 1. The predicted octanol–water partition coefficient (Wildman–Crippen LogP) is 3.07. The van der Waals surface area contributed by atoms with E-state index < -0.39 is 0 Å². The second-order valence-corrected chi connectivity index (χ2v) is 5.86. The molecule has 0 radical (unpaired) electrons. The monoisotopic (exact) mass is 282 g/mol. The van der Waals surface area contributed by atoms with Gasteiger partial charge in [-0.05, 0) is 39.1 Å². The number of hydrogen-bond donors (Lipinski definition) is 1. The van der Waals surface area contributed by atoms with Gasteiger partial charge in [0.25, 0.3) is 0 Å². The van der Waals surface area contributed by atoms with Gasteiger partial charge in [-0.1, -0.05) is 19.9 Å². The van der Waals surface area contributed by atoms with Crippen molar-refractivity contribution in [1.82, 2.24) is 10.2 Å². The Hall–Kier alpha value is -1.13. The molecule has 0 aliphatic rings. The Kier molecular flexibility index (Phi) is 6.43. The predicted molar refractivity (Wildman–Crippen MR) is 81.7 cm³/mol. The zero-order valence-electron chi connectivity index (χ0n) is 13.4. The molecule has 0 aliphatic heterocycles. The molecule has 3 nitrogen and oxygen atoms in total. The third-order valence-electron chi connectivity index (χ3n) is 3.50. The largest absolute Gasteiger partial charge is 0.496 e. The van der Waals surface area contributed by atoms with Gasteiger partial charge in [0.2, 0.25) is 0 Å². The molecule has 0 spiro atoms. The number of nitrogens with zero attached hydrogens (tertiary/aromatic N) is 1. The molecule has 1 aromatic rings. The van der Waals surface area contributed by atoms with Gasteiger partial charge in [0.1, 0.15) is 11.6 Å². The van der Waals surface area contributed by atoms with Crippen LogP contribution in [0.5, 0.6) is 5.75 Å². The van der Waals surface area contributed by atoms with Gasteiger partial charge < -0.3 is 15.0 Å². The maximum absolute atomic E-state index is 14.1. The molecule has 0 aliphatic carbocycles. The van der Waals surface area contributed by atoms with Crippen molar-refractivity contribution in [3.8, 4) is 5.75 Å². The van der Waals surface area contributed by atoms with E-state index in [9.17, 15) is 4.39 Å². The molecule has 1 N–H and O–H groups in total. The Morgan fingerprint density at radius 3 is 2.40 bits per heavy atom. The van der Waals surface area contributed by atoms with Crippen LogP contribution in [0.1, 0.15) is 32.4 Å². The Labute approximate surface area is 122 Å². The van der Waals surface area contributed by atoms with Crippen molar-refractivity contribution in [3.63, 3.8) is 0 Å². The summed E-state index contributed by atoms with van der Waals surface area (Å²) in [6.07, 6.45) is 0. The first-order valence-electron chi connectivity index (χ1n) is 7.10. The maximum atomic E-state index is 14.1. The molecule has 0 aromatic heterocycles. The topological polar surface area (TPSA) is 24.5 Å². The lowest BCUT2D eigenvalue weighted by Crippen LogP contribution is -2.43. The molecule has 0 saturated heterocycles. The second kappa shape index (κ2) is 7.60. The summed E-state index contributed by atoms with van der Waals surface area (Å²) in [5.74, 6) is 0.840. The van der Waals surface area contributed by atoms with E-state index in [2.05, 4.69) is 24.1 Å². The molecule has 0 bridgehead atoms. The Balaban J connectivity index is 2.91. The summed E-state index contributed by atoms with van der Waals surface area (Å²) in [7, 11) is 5.67. The summed E-state index contributed by atoms with van der Waals surface area (Å²) >= 11 is 0. The molecule has 0 heterocycles. The maximum Gasteiger partial charge on any atom is 0.131 e. The SMILES string of the molecule is COc1cccc(F)c1C(C)NC(CN(C)C)C(C)C. The van der Waals surface area contributed by atoms with Crippen molar-refractivity contribution >= 4 is 0 Å². The van der Waals surface area contributed by atoms with E-state index in [0.29, 0.717) is 23.3 Å². The highest BCUT2D eigenvalue weighted by atomic mass is 19.1. The molecule has 114 valence electrons. The number of likely N-dealkylation sites (N-methyl/N-ethyl adjacent to an activating group) is 1. The van der Waals surface area contributed by atoms with Crippen LogP contribution in [0.3, 0.4) is 0 Å². The van der Waals surface area contributed by atoms with Crippen LogP contribution in [-0.2, 0) is 0 Å². The lowest BCUT2D eigenvalue weighted by Gasteiger charge is -2.29. The molecule has 1 rings (SSSR count). The van der Waals surface area contributed by atoms with E-state index >= 15 is 0 Å². The third-order valence-corrected chi connectivity index (χ3v) is 3.50. The summed E-state index contributed by atoms with van der Waals surface area (Å²) in [4.78, 5) is 2.14. The van der Waals surface area contributed by atoms with Crippen LogP contribution in [0.2, 0.25) is 0 Å². The van der Waals surface area contributed by atoms with Gasteiger partial charge in [-0.3, -0.25) is 0 Å². The molecule has 20 heavy (non-hydrogen) atoms. The summed E-state index contributed by atoms with van der Waals surface area (Å²) in [5, 5.41) is 3.52. The van der Waals surface area contributed by atoms with E-state index in [0.717, 1.165) is 6.54 Å². The zero-order chi connectivity index (χ0) is 15.3. The molecular formula is C16H27FN2O. The normalized spacial score (nSPS) is 14.7. The first-order chi connectivity index (χ1) is 9.36. The number of hydrogen-bond acceptors (Lipinski definition) is 3. The highest BCUT2D eigenvalue weighted by Crippen LogP contribution is 2.28. The van der Waals surface area contributed by atoms with Crippen LogP contribution < -0.4 is 10.1 Å². The van der Waals surface area contributed by atoms with Gasteiger partial charge in [-0.25, -0.2) is 4.39 Å². The van der Waals surface area contributed by atoms with Crippen LogP contribution >= 0.6 is 0 Å². The molecule has 0 fully saturated rings. The van der Waals surface area contributed by atoms with E-state index in [4.69, 9.17) is 4.74 Å². The molecule has 4 heteroatoms. The molecule has 0 amide bonds. The first kappa shape index (κ1) is 16.9. The van der Waals surface area contributed by atoms with Crippen molar-refractivity contribution in [1.29, 1.82) is 0 Å². The fourth-order valence-electron chi connectivity index (χ4n) is 2.37. The Morgan fingerprint density at radius 2 is 1.90 bits per heavy atom. The van der Waals surface area contributed by atoms with E-state index in [-0.39, 0.29) is 11.9 Å². The average molecular weight is 282 g/mol. The van der Waals surface area contributed by atoms with Crippen molar-refractivity contribution in [2.24, 2.45) is 5.92 Å². The standard InChI is InChI=1S/C16H27FN2O/c1-11(2)14(10-19(4)5)18-12(3)16-13(17)8-7-9-15(16)20-6/h7-9,11-12,14,18H,10H2,1-6H3. The fourth-order valence-corrected chi connectivity index (χ4v) is 2.37. The van der Waals surface area contributed by atoms with Crippen LogP contribution in [0.25, 0.3) is 0 Å². The van der Waals surface area contributed by atoms with Gasteiger partial charge in [-0.15, -0.1) is 0 Å².